The number of alkyl halides is 1. The van der Waals surface area contributed by atoms with Crippen LogP contribution in [0.2, 0.25) is 0 Å². The number of imide groups is 1. The third kappa shape index (κ3) is 13.2. The van der Waals surface area contributed by atoms with Crippen molar-refractivity contribution in [1.82, 2.24) is 5.06 Å². The number of carboxylic acids is 1. The number of hydroxylamine groups is 2. The number of unbranched alkanes of at least 4 members (excludes halogenated alkanes) is 8. The molecule has 2 amide bonds. The summed E-state index contributed by atoms with van der Waals surface area (Å²) in [6.07, 6.45) is 11.7. The Balaban J connectivity index is 0.000000502. The summed E-state index contributed by atoms with van der Waals surface area (Å²) in [5, 5.41) is 18.1. The predicted octanol–water partition coefficient (Wildman–Crippen LogP) is 3.89. The van der Waals surface area contributed by atoms with Crippen LogP contribution >= 0.6 is 15.9 Å². The lowest BCUT2D eigenvalue weighted by Gasteiger charge is -2.00. The number of halogens is 1. The van der Waals surface area contributed by atoms with Gasteiger partial charge in [-0.25, -0.2) is 0 Å². The molecule has 1 heterocycles. The smallest absolute Gasteiger partial charge is 0.303 e. The van der Waals surface area contributed by atoms with Crippen LogP contribution in [0.5, 0.6) is 0 Å². The summed E-state index contributed by atoms with van der Waals surface area (Å²) in [7, 11) is 0. The van der Waals surface area contributed by atoms with Crippen molar-refractivity contribution < 1.29 is 24.7 Å². The molecule has 0 aromatic rings. The maximum absolute atomic E-state index is 10.2. The molecule has 134 valence electrons. The molecular formula is C16H28BrNO5. The number of nitrogens with zero attached hydrogens (tertiary/aromatic N) is 1. The lowest BCUT2D eigenvalue weighted by Crippen LogP contribution is -2.24. The quantitative estimate of drug-likeness (QED) is 0.240. The molecule has 0 aliphatic carbocycles. The van der Waals surface area contributed by atoms with E-state index in [0.29, 0.717) is 6.42 Å². The van der Waals surface area contributed by atoms with Crippen molar-refractivity contribution in [3.63, 3.8) is 0 Å². The van der Waals surface area contributed by atoms with Crippen LogP contribution in [0.1, 0.15) is 77.0 Å². The minimum absolute atomic E-state index is 0.148. The van der Waals surface area contributed by atoms with Crippen LogP contribution in [-0.4, -0.2) is 38.5 Å². The van der Waals surface area contributed by atoms with Gasteiger partial charge in [0.05, 0.1) is 0 Å². The maximum Gasteiger partial charge on any atom is 0.303 e. The molecule has 7 heteroatoms. The summed E-state index contributed by atoms with van der Waals surface area (Å²) < 4.78 is 0. The first kappa shape index (κ1) is 22.1. The van der Waals surface area contributed by atoms with E-state index < -0.39 is 17.8 Å². The fourth-order valence-electron chi connectivity index (χ4n) is 2.17. The molecule has 6 nitrogen and oxygen atoms in total. The van der Waals surface area contributed by atoms with E-state index in [1.165, 1.54) is 44.9 Å². The van der Waals surface area contributed by atoms with Gasteiger partial charge in [-0.3, -0.25) is 19.6 Å². The highest BCUT2D eigenvalue weighted by Crippen LogP contribution is 2.11. The molecule has 0 bridgehead atoms. The molecule has 0 radical (unpaired) electrons. The summed E-state index contributed by atoms with van der Waals surface area (Å²) in [5.74, 6) is -1.67. The molecule has 23 heavy (non-hydrogen) atoms. The standard InChI is InChI=1S/C12H23BrO2.C4H5NO3/c13-11-9-7-5-3-1-2-4-6-8-10-12(14)15;6-3-1-2-4(7)5(3)8/h1-11H2,(H,14,15);8H,1-2H2. The Bertz CT molecular complexity index is 346. The Labute approximate surface area is 146 Å². The van der Waals surface area contributed by atoms with Gasteiger partial charge in [0.2, 0.25) is 0 Å². The predicted molar refractivity (Wildman–Crippen MR) is 90.5 cm³/mol. The number of carbonyl (C=O) groups is 3. The van der Waals surface area contributed by atoms with Gasteiger partial charge in [-0.15, -0.1) is 0 Å². The Hall–Kier alpha value is -0.950. The van der Waals surface area contributed by atoms with Gasteiger partial charge in [0, 0.05) is 24.6 Å². The Morgan fingerprint density at radius 2 is 1.26 bits per heavy atom. The first-order valence-electron chi connectivity index (χ1n) is 8.31. The van der Waals surface area contributed by atoms with Crippen LogP contribution < -0.4 is 0 Å². The first-order valence-corrected chi connectivity index (χ1v) is 9.43. The second-order valence-electron chi connectivity index (χ2n) is 5.61. The van der Waals surface area contributed by atoms with Crippen molar-refractivity contribution in [2.75, 3.05) is 5.33 Å². The van der Waals surface area contributed by atoms with Crippen molar-refractivity contribution in [2.24, 2.45) is 0 Å². The topological polar surface area (TPSA) is 94.9 Å². The van der Waals surface area contributed by atoms with Gasteiger partial charge in [-0.2, -0.15) is 5.06 Å². The largest absolute Gasteiger partial charge is 0.481 e. The fraction of sp³-hybridized carbons (Fsp3) is 0.812. The minimum Gasteiger partial charge on any atom is -0.481 e. The minimum atomic E-state index is -0.662. The molecule has 0 aromatic carbocycles. The van der Waals surface area contributed by atoms with Crippen LogP contribution in [0, 0.1) is 0 Å². The van der Waals surface area contributed by atoms with Crippen LogP contribution in [0.15, 0.2) is 0 Å². The Morgan fingerprint density at radius 3 is 1.57 bits per heavy atom. The number of amides is 2. The number of rotatable bonds is 11. The van der Waals surface area contributed by atoms with E-state index in [9.17, 15) is 14.4 Å². The molecule has 0 spiro atoms. The zero-order valence-electron chi connectivity index (χ0n) is 13.6. The number of carbonyl (C=O) groups excluding carboxylic acids is 2. The van der Waals surface area contributed by atoms with Gasteiger partial charge < -0.3 is 5.11 Å². The molecule has 1 saturated heterocycles. The Morgan fingerprint density at radius 1 is 0.870 bits per heavy atom. The lowest BCUT2D eigenvalue weighted by molar-refractivity contribution is -0.171. The van der Waals surface area contributed by atoms with Gasteiger partial charge in [-0.1, -0.05) is 60.9 Å². The van der Waals surface area contributed by atoms with E-state index in [2.05, 4.69) is 15.9 Å². The second-order valence-corrected chi connectivity index (χ2v) is 6.41. The summed E-state index contributed by atoms with van der Waals surface area (Å²) >= 11 is 3.42. The van der Waals surface area contributed by atoms with E-state index in [1.54, 1.807) is 0 Å². The van der Waals surface area contributed by atoms with Crippen molar-refractivity contribution >= 4 is 33.7 Å². The molecular weight excluding hydrogens is 366 g/mol. The number of hydrogen-bond donors (Lipinski definition) is 2. The Kier molecular flexibility index (Phi) is 14.0. The molecule has 1 rings (SSSR count). The molecule has 0 aromatic heterocycles. The van der Waals surface area contributed by atoms with Gasteiger partial charge >= 0.3 is 5.97 Å². The maximum atomic E-state index is 10.2. The average Bonchev–Trinajstić information content (AvgIpc) is 2.81. The van der Waals surface area contributed by atoms with Crippen molar-refractivity contribution in [1.29, 1.82) is 0 Å². The third-order valence-corrected chi connectivity index (χ3v) is 4.11. The number of hydrogen-bond acceptors (Lipinski definition) is 4. The van der Waals surface area contributed by atoms with Crippen LogP contribution in [0.3, 0.4) is 0 Å². The highest BCUT2D eigenvalue weighted by atomic mass is 79.9. The van der Waals surface area contributed by atoms with Gasteiger partial charge in [-0.05, 0) is 12.8 Å². The number of carboxylic acid groups (broad SMARTS) is 1. The molecule has 0 atom stereocenters. The highest BCUT2D eigenvalue weighted by Gasteiger charge is 2.26. The van der Waals surface area contributed by atoms with E-state index in [1.807, 2.05) is 0 Å². The van der Waals surface area contributed by atoms with Gasteiger partial charge in [0.25, 0.3) is 11.8 Å². The SMILES string of the molecule is O=C(O)CCCCCCCCCCCBr.O=C1CCC(=O)N1O. The van der Waals surface area contributed by atoms with Crippen LogP contribution in [-0.2, 0) is 14.4 Å². The lowest BCUT2D eigenvalue weighted by atomic mass is 10.1. The van der Waals surface area contributed by atoms with Gasteiger partial charge in [0.15, 0.2) is 0 Å². The van der Waals surface area contributed by atoms with Crippen molar-refractivity contribution in [3.05, 3.63) is 0 Å². The van der Waals surface area contributed by atoms with Crippen molar-refractivity contribution in [3.8, 4) is 0 Å². The zero-order chi connectivity index (χ0) is 17.5. The average molecular weight is 394 g/mol. The summed E-state index contributed by atoms with van der Waals surface area (Å²) in [4.78, 5) is 30.7. The van der Waals surface area contributed by atoms with Crippen molar-refractivity contribution in [2.45, 2.75) is 77.0 Å². The molecule has 2 N–H and O–H groups in total. The first-order chi connectivity index (χ1) is 11.0. The van der Waals surface area contributed by atoms with E-state index >= 15 is 0 Å². The third-order valence-electron chi connectivity index (χ3n) is 3.55. The van der Waals surface area contributed by atoms with Crippen LogP contribution in [0.4, 0.5) is 0 Å². The summed E-state index contributed by atoms with van der Waals surface area (Å²) in [5.41, 5.74) is 0. The molecule has 1 fully saturated rings. The zero-order valence-corrected chi connectivity index (χ0v) is 15.2. The molecule has 1 aliphatic rings. The monoisotopic (exact) mass is 393 g/mol. The molecule has 0 saturated carbocycles. The summed E-state index contributed by atoms with van der Waals surface area (Å²) in [6, 6.07) is 0. The van der Waals surface area contributed by atoms with E-state index in [0.717, 1.165) is 18.2 Å². The van der Waals surface area contributed by atoms with Gasteiger partial charge in [0.1, 0.15) is 0 Å². The summed E-state index contributed by atoms with van der Waals surface area (Å²) in [6.45, 7) is 0. The van der Waals surface area contributed by atoms with E-state index in [-0.39, 0.29) is 17.9 Å². The second kappa shape index (κ2) is 14.6. The fourth-order valence-corrected chi connectivity index (χ4v) is 2.57. The molecule has 0 unspecified atom stereocenters. The van der Waals surface area contributed by atoms with Crippen LogP contribution in [0.25, 0.3) is 0 Å². The van der Waals surface area contributed by atoms with E-state index in [4.69, 9.17) is 10.3 Å². The normalized spacial score (nSPS) is 13.9. The number of aliphatic carboxylic acids is 1. The molecule has 1 aliphatic heterocycles. The highest BCUT2D eigenvalue weighted by molar-refractivity contribution is 9.09.